The van der Waals surface area contributed by atoms with Crippen LogP contribution in [-0.2, 0) is 11.8 Å². The maximum Gasteiger partial charge on any atom is 0.225 e. The number of thioether (sulfide) groups is 1. The number of nitrogens with one attached hydrogen (secondary N) is 2. The van der Waals surface area contributed by atoms with Gasteiger partial charge in [0.15, 0.2) is 0 Å². The average molecular weight is 381 g/mol. The van der Waals surface area contributed by atoms with Crippen molar-refractivity contribution < 1.29 is 4.79 Å². The SMILES string of the molecule is CC(CNC(=O)[C@H]1CNC[C@@H]1c1cnn(C)c1)Sc1ccccc1.Cl. The number of nitrogens with zero attached hydrogens (tertiary/aromatic N) is 2. The lowest BCUT2D eigenvalue weighted by molar-refractivity contribution is -0.124. The number of aryl methyl sites for hydroxylation is 1. The van der Waals surface area contributed by atoms with Gasteiger partial charge < -0.3 is 10.6 Å². The van der Waals surface area contributed by atoms with Crippen molar-refractivity contribution in [3.05, 3.63) is 48.3 Å². The van der Waals surface area contributed by atoms with Crippen LogP contribution in [0.5, 0.6) is 0 Å². The van der Waals surface area contributed by atoms with Gasteiger partial charge in [-0.1, -0.05) is 25.1 Å². The highest BCUT2D eigenvalue weighted by Gasteiger charge is 2.34. The van der Waals surface area contributed by atoms with Crippen molar-refractivity contribution in [1.29, 1.82) is 0 Å². The molecule has 0 saturated carbocycles. The normalized spacial score (nSPS) is 20.7. The van der Waals surface area contributed by atoms with Gasteiger partial charge in [-0.2, -0.15) is 5.10 Å². The van der Waals surface area contributed by atoms with Crippen LogP contribution in [0.3, 0.4) is 0 Å². The number of aromatic nitrogens is 2. The van der Waals surface area contributed by atoms with Crippen LogP contribution in [0.15, 0.2) is 47.6 Å². The molecule has 3 atom stereocenters. The molecule has 1 fully saturated rings. The Balaban J connectivity index is 0.00000225. The zero-order chi connectivity index (χ0) is 16.9. The molecule has 0 aliphatic carbocycles. The Morgan fingerprint density at radius 2 is 2.16 bits per heavy atom. The molecular weight excluding hydrogens is 356 g/mol. The summed E-state index contributed by atoms with van der Waals surface area (Å²) >= 11 is 1.78. The summed E-state index contributed by atoms with van der Waals surface area (Å²) in [6.07, 6.45) is 3.87. The molecule has 0 radical (unpaired) electrons. The first-order valence-corrected chi connectivity index (χ1v) is 9.20. The van der Waals surface area contributed by atoms with E-state index in [0.717, 1.165) is 18.7 Å². The largest absolute Gasteiger partial charge is 0.355 e. The molecule has 136 valence electrons. The third-order valence-electron chi connectivity index (χ3n) is 4.35. The highest BCUT2D eigenvalue weighted by atomic mass is 35.5. The Morgan fingerprint density at radius 1 is 1.40 bits per heavy atom. The highest BCUT2D eigenvalue weighted by Crippen LogP contribution is 2.28. The number of benzene rings is 1. The lowest BCUT2D eigenvalue weighted by atomic mass is 9.90. The summed E-state index contributed by atoms with van der Waals surface area (Å²) in [6, 6.07) is 10.3. The molecule has 2 aromatic rings. The van der Waals surface area contributed by atoms with E-state index in [1.54, 1.807) is 16.4 Å². The number of hydrogen-bond acceptors (Lipinski definition) is 4. The molecule has 7 heteroatoms. The Labute approximate surface area is 159 Å². The van der Waals surface area contributed by atoms with E-state index in [4.69, 9.17) is 0 Å². The predicted molar refractivity (Wildman–Crippen MR) is 104 cm³/mol. The Kier molecular flexibility index (Phi) is 7.35. The maximum atomic E-state index is 12.6. The summed E-state index contributed by atoms with van der Waals surface area (Å²) in [4.78, 5) is 13.8. The van der Waals surface area contributed by atoms with Crippen LogP contribution in [0.4, 0.5) is 0 Å². The summed E-state index contributed by atoms with van der Waals surface area (Å²) in [5, 5.41) is 11.0. The van der Waals surface area contributed by atoms with Gasteiger partial charge in [-0.15, -0.1) is 24.2 Å². The van der Waals surface area contributed by atoms with Gasteiger partial charge in [0.1, 0.15) is 0 Å². The van der Waals surface area contributed by atoms with E-state index in [2.05, 4.69) is 34.8 Å². The molecular formula is C18H25ClN4OS. The summed E-state index contributed by atoms with van der Waals surface area (Å²) in [6.45, 7) is 4.38. The van der Waals surface area contributed by atoms with Crippen molar-refractivity contribution in [1.82, 2.24) is 20.4 Å². The van der Waals surface area contributed by atoms with Gasteiger partial charge in [0.25, 0.3) is 0 Å². The van der Waals surface area contributed by atoms with Crippen molar-refractivity contribution >= 4 is 30.1 Å². The lowest BCUT2D eigenvalue weighted by Crippen LogP contribution is -2.37. The van der Waals surface area contributed by atoms with Gasteiger partial charge >= 0.3 is 0 Å². The second-order valence-corrected chi connectivity index (χ2v) is 7.82. The minimum Gasteiger partial charge on any atom is -0.355 e. The monoisotopic (exact) mass is 380 g/mol. The van der Waals surface area contributed by atoms with E-state index in [1.807, 2.05) is 37.6 Å². The van der Waals surface area contributed by atoms with Gasteiger partial charge in [-0.25, -0.2) is 0 Å². The van der Waals surface area contributed by atoms with E-state index in [9.17, 15) is 4.79 Å². The van der Waals surface area contributed by atoms with Crippen molar-refractivity contribution in [3.63, 3.8) is 0 Å². The van der Waals surface area contributed by atoms with Gasteiger partial charge in [0.2, 0.25) is 5.91 Å². The number of amides is 1. The van der Waals surface area contributed by atoms with E-state index in [0.29, 0.717) is 11.8 Å². The Hall–Kier alpha value is -1.50. The van der Waals surface area contributed by atoms with E-state index >= 15 is 0 Å². The minimum atomic E-state index is -0.0249. The van der Waals surface area contributed by atoms with Gasteiger partial charge in [0.05, 0.1) is 12.1 Å². The molecule has 1 aromatic carbocycles. The second-order valence-electron chi connectivity index (χ2n) is 6.31. The molecule has 2 heterocycles. The van der Waals surface area contributed by atoms with Gasteiger partial charge in [-0.05, 0) is 17.7 Å². The highest BCUT2D eigenvalue weighted by molar-refractivity contribution is 8.00. The molecule has 1 aromatic heterocycles. The zero-order valence-corrected chi connectivity index (χ0v) is 16.1. The molecule has 1 saturated heterocycles. The van der Waals surface area contributed by atoms with Crippen LogP contribution >= 0.6 is 24.2 Å². The fourth-order valence-corrected chi connectivity index (χ4v) is 4.03. The molecule has 1 aliphatic rings. The topological polar surface area (TPSA) is 59.0 Å². The molecule has 1 unspecified atom stereocenters. The molecule has 3 rings (SSSR count). The number of carbonyl (C=O) groups is 1. The van der Waals surface area contributed by atoms with Crippen LogP contribution in [0.1, 0.15) is 18.4 Å². The predicted octanol–water partition coefficient (Wildman–Crippen LogP) is 2.44. The summed E-state index contributed by atoms with van der Waals surface area (Å²) in [7, 11) is 1.91. The Bertz CT molecular complexity index is 679. The lowest BCUT2D eigenvalue weighted by Gasteiger charge is -2.19. The van der Waals surface area contributed by atoms with Gasteiger partial charge in [0, 0.05) is 48.9 Å². The van der Waals surface area contributed by atoms with Crippen molar-refractivity contribution in [2.24, 2.45) is 13.0 Å². The van der Waals surface area contributed by atoms with E-state index < -0.39 is 0 Å². The summed E-state index contributed by atoms with van der Waals surface area (Å²) < 4.78 is 1.79. The van der Waals surface area contributed by atoms with Crippen molar-refractivity contribution in [3.8, 4) is 0 Å². The van der Waals surface area contributed by atoms with Crippen molar-refractivity contribution in [2.75, 3.05) is 19.6 Å². The van der Waals surface area contributed by atoms with Crippen LogP contribution in [0.25, 0.3) is 0 Å². The Morgan fingerprint density at radius 3 is 2.84 bits per heavy atom. The fourth-order valence-electron chi connectivity index (χ4n) is 3.08. The van der Waals surface area contributed by atoms with E-state index in [-0.39, 0.29) is 30.2 Å². The third-order valence-corrected chi connectivity index (χ3v) is 5.46. The molecule has 5 nitrogen and oxygen atoms in total. The number of rotatable bonds is 6. The molecule has 25 heavy (non-hydrogen) atoms. The second kappa shape index (κ2) is 9.27. The first-order chi connectivity index (χ1) is 11.6. The van der Waals surface area contributed by atoms with Crippen molar-refractivity contribution in [2.45, 2.75) is 23.0 Å². The molecule has 1 aliphatic heterocycles. The first kappa shape index (κ1) is 19.8. The fraction of sp³-hybridized carbons (Fsp3) is 0.444. The van der Waals surface area contributed by atoms with Gasteiger partial charge in [-0.3, -0.25) is 9.48 Å². The molecule has 0 bridgehead atoms. The van der Waals surface area contributed by atoms with Crippen LogP contribution in [0.2, 0.25) is 0 Å². The van der Waals surface area contributed by atoms with E-state index in [1.165, 1.54) is 4.90 Å². The number of halogens is 1. The molecule has 1 amide bonds. The standard InChI is InChI=1S/C18H24N4OS.ClH/c1-13(24-15-6-4-3-5-7-15)8-20-18(23)17-11-19-10-16(17)14-9-21-22(2)12-14;/h3-7,9,12-13,16-17,19H,8,10-11H2,1-2H3,(H,20,23);1H/t13?,16-,17+;/m1./s1. The summed E-state index contributed by atoms with van der Waals surface area (Å²) in [5.74, 6) is 0.313. The number of carbonyl (C=O) groups excluding carboxylic acids is 1. The molecule has 2 N–H and O–H groups in total. The average Bonchev–Trinajstić information content (AvgIpc) is 3.22. The summed E-state index contributed by atoms with van der Waals surface area (Å²) in [5.41, 5.74) is 1.13. The molecule has 0 spiro atoms. The third kappa shape index (κ3) is 5.23. The quantitative estimate of drug-likeness (QED) is 0.756. The number of hydrogen-bond donors (Lipinski definition) is 2. The smallest absolute Gasteiger partial charge is 0.225 e. The van der Waals surface area contributed by atoms with Crippen LogP contribution in [0, 0.1) is 5.92 Å². The van der Waals surface area contributed by atoms with Crippen LogP contribution < -0.4 is 10.6 Å². The zero-order valence-electron chi connectivity index (χ0n) is 14.5. The van der Waals surface area contributed by atoms with Crippen LogP contribution in [-0.4, -0.2) is 40.6 Å². The minimum absolute atomic E-state index is 0. The maximum absolute atomic E-state index is 12.6. The first-order valence-electron chi connectivity index (χ1n) is 8.32.